The van der Waals surface area contributed by atoms with Gasteiger partial charge in [-0.15, -0.1) is 0 Å². The van der Waals surface area contributed by atoms with E-state index in [1.807, 2.05) is 25.1 Å². The number of carbonyl (C=O) groups is 1. The van der Waals surface area contributed by atoms with Gasteiger partial charge in [-0.25, -0.2) is 0 Å². The van der Waals surface area contributed by atoms with Crippen molar-refractivity contribution in [2.45, 2.75) is 20.4 Å². The fourth-order valence-corrected chi connectivity index (χ4v) is 1.82. The zero-order valence-electron chi connectivity index (χ0n) is 11.5. The summed E-state index contributed by atoms with van der Waals surface area (Å²) in [7, 11) is 0. The maximum atomic E-state index is 12.0. The predicted molar refractivity (Wildman–Crippen MR) is 76.0 cm³/mol. The van der Waals surface area contributed by atoms with E-state index in [9.17, 15) is 4.79 Å². The molecule has 4 heteroatoms. The highest BCUT2D eigenvalue weighted by Gasteiger charge is 2.07. The molecule has 100 valence electrons. The van der Waals surface area contributed by atoms with Gasteiger partial charge in [0.2, 0.25) is 0 Å². The lowest BCUT2D eigenvalue weighted by atomic mass is 10.1. The summed E-state index contributed by atoms with van der Waals surface area (Å²) in [5.74, 6) is -0.229. The molecule has 0 aliphatic heterocycles. The zero-order valence-corrected chi connectivity index (χ0v) is 11.5. The second-order valence-corrected chi connectivity index (χ2v) is 4.68. The van der Waals surface area contributed by atoms with Crippen molar-refractivity contribution < 1.29 is 4.79 Å². The Morgan fingerprint density at radius 1 is 1.25 bits per heavy atom. The highest BCUT2D eigenvalue weighted by atomic mass is 16.1. The van der Waals surface area contributed by atoms with Crippen molar-refractivity contribution in [3.63, 3.8) is 0 Å². The second-order valence-electron chi connectivity index (χ2n) is 4.68. The molecule has 0 unspecified atom stereocenters. The van der Waals surface area contributed by atoms with Crippen LogP contribution in [0.2, 0.25) is 0 Å². The second kappa shape index (κ2) is 5.98. The molecule has 2 aromatic rings. The Hall–Kier alpha value is -2.67. The molecule has 0 atom stereocenters. The molecule has 0 spiro atoms. The van der Waals surface area contributed by atoms with Gasteiger partial charge in [0.1, 0.15) is 6.07 Å². The van der Waals surface area contributed by atoms with E-state index in [-0.39, 0.29) is 5.91 Å². The van der Waals surface area contributed by atoms with E-state index in [1.54, 1.807) is 0 Å². The predicted octanol–water partition coefficient (Wildman–Crippen LogP) is 2.50. The van der Waals surface area contributed by atoms with E-state index in [4.69, 9.17) is 5.26 Å². The van der Waals surface area contributed by atoms with Gasteiger partial charge < -0.3 is 5.32 Å². The van der Waals surface area contributed by atoms with Crippen molar-refractivity contribution >= 4 is 5.91 Å². The third kappa shape index (κ3) is 3.21. The highest BCUT2D eigenvalue weighted by molar-refractivity contribution is 5.94. The largest absolute Gasteiger partial charge is 0.348 e. The SMILES string of the molecule is Cc1ccc(CNC(=O)c2cncc(C#N)c2)cc1C. The minimum Gasteiger partial charge on any atom is -0.348 e. The van der Waals surface area contributed by atoms with Crippen LogP contribution in [0.4, 0.5) is 0 Å². The molecule has 0 aliphatic carbocycles. The molecule has 4 nitrogen and oxygen atoms in total. The third-order valence-corrected chi connectivity index (χ3v) is 3.15. The summed E-state index contributed by atoms with van der Waals surface area (Å²) in [6, 6.07) is 9.58. The van der Waals surface area contributed by atoms with Gasteiger partial charge in [0.05, 0.1) is 11.1 Å². The summed E-state index contributed by atoms with van der Waals surface area (Å²) >= 11 is 0. The van der Waals surface area contributed by atoms with Crippen LogP contribution in [-0.2, 0) is 6.54 Å². The molecule has 0 aliphatic rings. The van der Waals surface area contributed by atoms with Crippen LogP contribution in [0.5, 0.6) is 0 Å². The number of aryl methyl sites for hydroxylation is 2. The Bertz CT molecular complexity index is 686. The average molecular weight is 265 g/mol. The van der Waals surface area contributed by atoms with Crippen LogP contribution in [0.1, 0.15) is 32.6 Å². The van der Waals surface area contributed by atoms with Crippen LogP contribution in [0, 0.1) is 25.2 Å². The summed E-state index contributed by atoms with van der Waals surface area (Å²) in [6.45, 7) is 4.55. The minimum absolute atomic E-state index is 0.229. The zero-order chi connectivity index (χ0) is 14.5. The van der Waals surface area contributed by atoms with Gasteiger partial charge in [-0.1, -0.05) is 18.2 Å². The molecule has 2 rings (SSSR count). The van der Waals surface area contributed by atoms with Crippen LogP contribution in [0.3, 0.4) is 0 Å². The van der Waals surface area contributed by atoms with Crippen LogP contribution in [0.25, 0.3) is 0 Å². The summed E-state index contributed by atoms with van der Waals surface area (Å²) in [5, 5.41) is 11.6. The van der Waals surface area contributed by atoms with Crippen molar-refractivity contribution in [2.75, 3.05) is 0 Å². The maximum Gasteiger partial charge on any atom is 0.253 e. The van der Waals surface area contributed by atoms with Crippen molar-refractivity contribution in [2.24, 2.45) is 0 Å². The standard InChI is InChI=1S/C16H15N3O/c1-11-3-4-13(5-12(11)2)9-19-16(20)15-6-14(7-17)8-18-10-15/h3-6,8,10H,9H2,1-2H3,(H,19,20). The molecule has 1 amide bonds. The Labute approximate surface area is 118 Å². The first-order valence-electron chi connectivity index (χ1n) is 6.29. The number of hydrogen-bond donors (Lipinski definition) is 1. The van der Waals surface area contributed by atoms with Crippen LogP contribution in [0.15, 0.2) is 36.7 Å². The molecule has 1 N–H and O–H groups in total. The number of rotatable bonds is 3. The summed E-state index contributed by atoms with van der Waals surface area (Å²) in [4.78, 5) is 15.9. The van der Waals surface area contributed by atoms with E-state index >= 15 is 0 Å². The number of nitrogens with zero attached hydrogens (tertiary/aromatic N) is 2. The van der Waals surface area contributed by atoms with E-state index in [1.165, 1.54) is 29.6 Å². The van der Waals surface area contributed by atoms with E-state index in [2.05, 4.69) is 23.3 Å². The maximum absolute atomic E-state index is 12.0. The van der Waals surface area contributed by atoms with Crippen LogP contribution in [-0.4, -0.2) is 10.9 Å². The van der Waals surface area contributed by atoms with Crippen LogP contribution < -0.4 is 5.32 Å². The Kier molecular flexibility index (Phi) is 4.11. The minimum atomic E-state index is -0.229. The molecule has 1 heterocycles. The molecular formula is C16H15N3O. The molecular weight excluding hydrogens is 250 g/mol. The van der Waals surface area contributed by atoms with Crippen molar-refractivity contribution in [3.8, 4) is 6.07 Å². The summed E-state index contributed by atoms with van der Waals surface area (Å²) in [6.07, 6.45) is 2.89. The monoisotopic (exact) mass is 265 g/mol. The fraction of sp³-hybridized carbons (Fsp3) is 0.188. The van der Waals surface area contributed by atoms with Gasteiger partial charge in [-0.2, -0.15) is 5.26 Å². The summed E-state index contributed by atoms with van der Waals surface area (Å²) in [5.41, 5.74) is 4.25. The number of carbonyl (C=O) groups excluding carboxylic acids is 1. The molecule has 0 saturated heterocycles. The molecule has 0 saturated carbocycles. The highest BCUT2D eigenvalue weighted by Crippen LogP contribution is 2.10. The number of nitriles is 1. The number of hydrogen-bond acceptors (Lipinski definition) is 3. The van der Waals surface area contributed by atoms with Crippen LogP contribution >= 0.6 is 0 Å². The topological polar surface area (TPSA) is 65.8 Å². The number of benzene rings is 1. The molecule has 20 heavy (non-hydrogen) atoms. The molecule has 0 fully saturated rings. The molecule has 0 radical (unpaired) electrons. The first kappa shape index (κ1) is 13.8. The normalized spacial score (nSPS) is 9.85. The van der Waals surface area contributed by atoms with Crippen molar-refractivity contribution in [3.05, 3.63) is 64.5 Å². The summed E-state index contributed by atoms with van der Waals surface area (Å²) < 4.78 is 0. The van der Waals surface area contributed by atoms with E-state index in [0.717, 1.165) is 5.56 Å². The molecule has 1 aromatic carbocycles. The lowest BCUT2D eigenvalue weighted by molar-refractivity contribution is 0.0950. The first-order chi connectivity index (χ1) is 9.60. The van der Waals surface area contributed by atoms with Gasteiger partial charge in [-0.05, 0) is 36.6 Å². The van der Waals surface area contributed by atoms with Gasteiger partial charge in [0.15, 0.2) is 0 Å². The van der Waals surface area contributed by atoms with Crippen molar-refractivity contribution in [1.29, 1.82) is 5.26 Å². The number of pyridine rings is 1. The van der Waals surface area contributed by atoms with Gasteiger partial charge >= 0.3 is 0 Å². The average Bonchev–Trinajstić information content (AvgIpc) is 2.48. The fourth-order valence-electron chi connectivity index (χ4n) is 1.82. The number of aromatic nitrogens is 1. The quantitative estimate of drug-likeness (QED) is 0.927. The Morgan fingerprint density at radius 3 is 2.75 bits per heavy atom. The number of amides is 1. The van der Waals surface area contributed by atoms with Gasteiger partial charge in [0.25, 0.3) is 5.91 Å². The Balaban J connectivity index is 2.04. The lowest BCUT2D eigenvalue weighted by Crippen LogP contribution is -2.23. The van der Waals surface area contributed by atoms with Gasteiger partial charge in [-0.3, -0.25) is 9.78 Å². The third-order valence-electron chi connectivity index (χ3n) is 3.15. The number of nitrogens with one attached hydrogen (secondary N) is 1. The molecule has 1 aromatic heterocycles. The smallest absolute Gasteiger partial charge is 0.253 e. The van der Waals surface area contributed by atoms with E-state index in [0.29, 0.717) is 17.7 Å². The van der Waals surface area contributed by atoms with Gasteiger partial charge in [0, 0.05) is 18.9 Å². The molecule has 0 bridgehead atoms. The lowest BCUT2D eigenvalue weighted by Gasteiger charge is -2.07. The van der Waals surface area contributed by atoms with Crippen molar-refractivity contribution in [1.82, 2.24) is 10.3 Å². The first-order valence-corrected chi connectivity index (χ1v) is 6.29. The Morgan fingerprint density at radius 2 is 2.05 bits per heavy atom. The van der Waals surface area contributed by atoms with E-state index < -0.39 is 0 Å².